The Bertz CT molecular complexity index is 42.2. The van der Waals surface area contributed by atoms with Gasteiger partial charge in [-0.3, -0.25) is 0 Å². The van der Waals surface area contributed by atoms with Gasteiger partial charge in [-0.25, -0.2) is 0 Å². The first-order valence-electron chi connectivity index (χ1n) is 1.02. The highest BCUT2D eigenvalue weighted by atomic mass is 31.1. The molecule has 0 aliphatic rings. The van der Waals surface area contributed by atoms with E-state index in [1.165, 1.54) is 0 Å². The van der Waals surface area contributed by atoms with E-state index in [2.05, 4.69) is 0 Å². The third-order valence-corrected chi connectivity index (χ3v) is 0.363. The van der Waals surface area contributed by atoms with Crippen LogP contribution in [-0.4, -0.2) is 16.3 Å². The van der Waals surface area contributed by atoms with E-state index < -0.39 is 14.4 Å². The molecule has 0 aliphatic carbocycles. The summed E-state index contributed by atoms with van der Waals surface area (Å²) in [7, 11) is -2.29. The summed E-state index contributed by atoms with van der Waals surface area (Å²) in [6.45, 7) is 0. The SMILES string of the molecule is O=[P+](O)CO. The van der Waals surface area contributed by atoms with E-state index in [0.29, 0.717) is 0 Å². The van der Waals surface area contributed by atoms with Gasteiger partial charge in [0.1, 0.15) is 0 Å². The molecule has 5 heavy (non-hydrogen) atoms. The second kappa shape index (κ2) is 2.27. The maximum absolute atomic E-state index is 9.27. The summed E-state index contributed by atoms with van der Waals surface area (Å²) in [6.07, 6.45) is -0.630. The van der Waals surface area contributed by atoms with Crippen LogP contribution >= 0.6 is 8.03 Å². The molecule has 2 N–H and O–H groups in total. The second-order valence-electron chi connectivity index (χ2n) is 0.494. The predicted octanol–water partition coefficient (Wildman–Crippen LogP) is -0.329. The van der Waals surface area contributed by atoms with Gasteiger partial charge in [0.2, 0.25) is 0 Å². The highest BCUT2D eigenvalue weighted by Crippen LogP contribution is 2.06. The molecular weight excluding hydrogens is 91.0 g/mol. The average Bonchev–Trinajstić information content (AvgIpc) is 1.38. The molecule has 4 heteroatoms. The molecule has 0 aromatic rings. The Balaban J connectivity index is 2.85. The molecule has 0 amide bonds. The molecule has 0 saturated carbocycles. The van der Waals surface area contributed by atoms with Crippen LogP contribution in [0.25, 0.3) is 0 Å². The van der Waals surface area contributed by atoms with Crippen molar-refractivity contribution in [2.24, 2.45) is 0 Å². The smallest absolute Gasteiger partial charge is 0.351 e. The Labute approximate surface area is 30.1 Å². The fraction of sp³-hybridized carbons (Fsp3) is 1.00. The van der Waals surface area contributed by atoms with Crippen LogP contribution in [-0.2, 0) is 4.57 Å². The first-order chi connectivity index (χ1) is 2.27. The van der Waals surface area contributed by atoms with E-state index in [1.807, 2.05) is 0 Å². The van der Waals surface area contributed by atoms with Gasteiger partial charge < -0.3 is 5.11 Å². The van der Waals surface area contributed by atoms with Crippen molar-refractivity contribution < 1.29 is 14.6 Å². The molecule has 0 radical (unpaired) electrons. The van der Waals surface area contributed by atoms with Gasteiger partial charge in [-0.2, -0.15) is 4.89 Å². The first kappa shape index (κ1) is 5.02. The van der Waals surface area contributed by atoms with Gasteiger partial charge in [-0.15, -0.1) is 0 Å². The Morgan fingerprint density at radius 2 is 2.00 bits per heavy atom. The first-order valence-corrected chi connectivity index (χ1v) is 2.41. The summed E-state index contributed by atoms with van der Waals surface area (Å²) >= 11 is 0. The minimum atomic E-state index is -2.29. The minimum absolute atomic E-state index is 0.630. The van der Waals surface area contributed by atoms with Crippen molar-refractivity contribution in [3.63, 3.8) is 0 Å². The number of hydrogen-bond acceptors (Lipinski definition) is 2. The Morgan fingerprint density at radius 3 is 2.00 bits per heavy atom. The van der Waals surface area contributed by atoms with Gasteiger partial charge in [0.05, 0.1) is 0 Å². The molecule has 0 heterocycles. The summed E-state index contributed by atoms with van der Waals surface area (Å²) in [5, 5.41) is 7.61. The van der Waals surface area contributed by atoms with Crippen molar-refractivity contribution in [1.29, 1.82) is 0 Å². The lowest BCUT2D eigenvalue weighted by atomic mass is 11.7. The molecule has 0 aromatic carbocycles. The van der Waals surface area contributed by atoms with Crippen LogP contribution in [0.15, 0.2) is 0 Å². The van der Waals surface area contributed by atoms with Gasteiger partial charge in [0.25, 0.3) is 6.35 Å². The topological polar surface area (TPSA) is 57.5 Å². The monoisotopic (exact) mass is 95.0 g/mol. The maximum atomic E-state index is 9.27. The molecule has 3 nitrogen and oxygen atoms in total. The lowest BCUT2D eigenvalue weighted by Crippen LogP contribution is -1.64. The van der Waals surface area contributed by atoms with Gasteiger partial charge >= 0.3 is 8.03 Å². The average molecular weight is 95.0 g/mol. The van der Waals surface area contributed by atoms with Crippen LogP contribution in [0.5, 0.6) is 0 Å². The molecule has 0 bridgehead atoms. The van der Waals surface area contributed by atoms with Crippen molar-refractivity contribution in [1.82, 2.24) is 0 Å². The lowest BCUT2D eigenvalue weighted by Gasteiger charge is -1.54. The molecule has 0 fully saturated rings. The normalized spacial score (nSPS) is 11.2. The number of aliphatic hydroxyl groups is 1. The van der Waals surface area contributed by atoms with E-state index in [-0.39, 0.29) is 0 Å². The lowest BCUT2D eigenvalue weighted by molar-refractivity contribution is 0.343. The molecule has 30 valence electrons. The van der Waals surface area contributed by atoms with Crippen molar-refractivity contribution >= 4 is 8.03 Å². The predicted molar refractivity (Wildman–Crippen MR) is 16.9 cm³/mol. The third kappa shape index (κ3) is 4.02. The maximum Gasteiger partial charge on any atom is 0.534 e. The molecule has 1 unspecified atom stereocenters. The molecular formula is CH4O3P+. The molecule has 0 rings (SSSR count). The second-order valence-corrected chi connectivity index (χ2v) is 1.48. The van der Waals surface area contributed by atoms with Crippen molar-refractivity contribution in [3.05, 3.63) is 0 Å². The van der Waals surface area contributed by atoms with E-state index in [1.54, 1.807) is 0 Å². The van der Waals surface area contributed by atoms with Crippen LogP contribution in [0.1, 0.15) is 0 Å². The summed E-state index contributed by atoms with van der Waals surface area (Å²) in [5.41, 5.74) is 0. The Hall–Kier alpha value is 0.0200. The van der Waals surface area contributed by atoms with Crippen molar-refractivity contribution in [2.45, 2.75) is 0 Å². The highest BCUT2D eigenvalue weighted by molar-refractivity contribution is 7.37. The Morgan fingerprint density at radius 1 is 1.80 bits per heavy atom. The number of hydrogen-bond donors (Lipinski definition) is 2. The molecule has 0 aromatic heterocycles. The van der Waals surface area contributed by atoms with Crippen LogP contribution < -0.4 is 0 Å². The summed E-state index contributed by atoms with van der Waals surface area (Å²) < 4.78 is 9.27. The minimum Gasteiger partial charge on any atom is -0.351 e. The highest BCUT2D eigenvalue weighted by Gasteiger charge is 2.01. The quantitative estimate of drug-likeness (QED) is 0.438. The number of rotatable bonds is 1. The fourth-order valence-electron chi connectivity index (χ4n) is 0. The largest absolute Gasteiger partial charge is 0.534 e. The summed E-state index contributed by atoms with van der Waals surface area (Å²) in [4.78, 5) is 7.62. The van der Waals surface area contributed by atoms with Crippen molar-refractivity contribution in [3.8, 4) is 0 Å². The van der Waals surface area contributed by atoms with Crippen molar-refractivity contribution in [2.75, 3.05) is 6.35 Å². The Kier molecular flexibility index (Phi) is 2.28. The summed E-state index contributed by atoms with van der Waals surface area (Å²) in [5.74, 6) is 0. The number of aliphatic hydroxyl groups excluding tert-OH is 1. The van der Waals surface area contributed by atoms with Gasteiger partial charge in [-0.1, -0.05) is 0 Å². The van der Waals surface area contributed by atoms with E-state index in [4.69, 9.17) is 10.00 Å². The summed E-state index contributed by atoms with van der Waals surface area (Å²) in [6, 6.07) is 0. The van der Waals surface area contributed by atoms with Gasteiger partial charge in [0, 0.05) is 0 Å². The fourth-order valence-corrected chi connectivity index (χ4v) is 0. The van der Waals surface area contributed by atoms with Crippen LogP contribution in [0.3, 0.4) is 0 Å². The zero-order chi connectivity index (χ0) is 4.28. The zero-order valence-electron chi connectivity index (χ0n) is 2.46. The molecule has 0 saturated heterocycles. The van der Waals surface area contributed by atoms with E-state index in [0.717, 1.165) is 0 Å². The van der Waals surface area contributed by atoms with Crippen LogP contribution in [0.2, 0.25) is 0 Å². The van der Waals surface area contributed by atoms with Gasteiger partial charge in [-0.05, 0) is 4.57 Å². The van der Waals surface area contributed by atoms with Crippen LogP contribution in [0.4, 0.5) is 0 Å². The molecule has 0 aliphatic heterocycles. The zero-order valence-corrected chi connectivity index (χ0v) is 3.35. The van der Waals surface area contributed by atoms with Crippen LogP contribution in [0, 0.1) is 0 Å². The van der Waals surface area contributed by atoms with E-state index >= 15 is 0 Å². The van der Waals surface area contributed by atoms with Gasteiger partial charge in [0.15, 0.2) is 0 Å². The molecule has 0 spiro atoms. The molecule has 1 atom stereocenters. The standard InChI is InChI=1S/CH3O3P/c2-1-5(3)4/h2H,1H2/p+1. The van der Waals surface area contributed by atoms with E-state index in [9.17, 15) is 4.57 Å². The third-order valence-electron chi connectivity index (χ3n) is 0.121.